The molecule has 2 bridgehead atoms. The van der Waals surface area contributed by atoms with Crippen molar-refractivity contribution in [2.75, 3.05) is 25.0 Å². The number of halogens is 1. The monoisotopic (exact) mass is 507 g/mol. The van der Waals surface area contributed by atoms with Gasteiger partial charge in [0.1, 0.15) is 6.04 Å². The third kappa shape index (κ3) is 4.01. The highest BCUT2D eigenvalue weighted by Gasteiger charge is 2.75. The van der Waals surface area contributed by atoms with Crippen molar-refractivity contribution in [2.24, 2.45) is 17.8 Å². The van der Waals surface area contributed by atoms with Gasteiger partial charge in [-0.2, -0.15) is 0 Å². The number of nitrogens with zero attached hydrogens (tertiary/aromatic N) is 1. The van der Waals surface area contributed by atoms with Gasteiger partial charge >= 0.3 is 0 Å². The van der Waals surface area contributed by atoms with E-state index in [2.05, 4.69) is 17.6 Å². The zero-order valence-corrected chi connectivity index (χ0v) is 21.5. The summed E-state index contributed by atoms with van der Waals surface area (Å²) in [5, 5.41) is 15.8. The van der Waals surface area contributed by atoms with Crippen LogP contribution >= 0.6 is 23.4 Å². The quantitative estimate of drug-likeness (QED) is 0.446. The molecule has 1 spiro atoms. The van der Waals surface area contributed by atoms with E-state index in [1.165, 1.54) is 0 Å². The average Bonchev–Trinajstić information content (AvgIpc) is 3.39. The Morgan fingerprint density at radius 2 is 2.06 bits per heavy atom. The number of amides is 3. The zero-order chi connectivity index (χ0) is 24.6. The highest BCUT2D eigenvalue weighted by molar-refractivity contribution is 8.02. The van der Waals surface area contributed by atoms with Gasteiger partial charge in [-0.25, -0.2) is 0 Å². The van der Waals surface area contributed by atoms with E-state index in [1.54, 1.807) is 22.7 Å². The van der Waals surface area contributed by atoms with Gasteiger partial charge in [0.2, 0.25) is 17.7 Å². The summed E-state index contributed by atoms with van der Waals surface area (Å²) in [5.74, 6) is -1.30. The summed E-state index contributed by atoms with van der Waals surface area (Å²) in [6.45, 7) is 6.96. The number of aliphatic hydroxyl groups is 1. The maximum atomic E-state index is 13.9. The van der Waals surface area contributed by atoms with E-state index in [0.29, 0.717) is 36.6 Å². The maximum Gasteiger partial charge on any atom is 0.248 e. The minimum Gasteiger partial charge on any atom is -0.396 e. The molecule has 3 N–H and O–H groups in total. The molecule has 3 fully saturated rings. The number of aryl methyl sites for hydroxylation is 1. The predicted octanol–water partition coefficient (Wildman–Crippen LogP) is 3.22. The zero-order valence-electron chi connectivity index (χ0n) is 20.0. The summed E-state index contributed by atoms with van der Waals surface area (Å²) < 4.78 is -0.658. The molecule has 1 aromatic rings. The molecule has 0 saturated carbocycles. The third-order valence-corrected chi connectivity index (χ3v) is 10.0. The average molecular weight is 508 g/mol. The lowest BCUT2D eigenvalue weighted by molar-refractivity contribution is -0.139. The van der Waals surface area contributed by atoms with Crippen molar-refractivity contribution in [2.45, 2.75) is 62.5 Å². The van der Waals surface area contributed by atoms with E-state index in [4.69, 9.17) is 11.6 Å². The molecule has 9 heteroatoms. The molecule has 4 rings (SSSR count). The Labute approximate surface area is 210 Å². The first-order valence-electron chi connectivity index (χ1n) is 12.2. The first-order valence-corrected chi connectivity index (χ1v) is 13.5. The molecule has 3 aliphatic rings. The smallest absolute Gasteiger partial charge is 0.248 e. The molecule has 0 radical (unpaired) electrons. The van der Waals surface area contributed by atoms with E-state index in [1.807, 2.05) is 26.0 Å². The Kier molecular flexibility index (Phi) is 7.50. The number of hydrogen-bond donors (Lipinski definition) is 3. The van der Waals surface area contributed by atoms with E-state index in [-0.39, 0.29) is 35.5 Å². The Morgan fingerprint density at radius 1 is 1.29 bits per heavy atom. The second kappa shape index (κ2) is 10.1. The Balaban J connectivity index is 1.71. The number of carbonyl (C=O) groups is 3. The molecule has 7 nitrogen and oxygen atoms in total. The lowest BCUT2D eigenvalue weighted by atomic mass is 9.66. The van der Waals surface area contributed by atoms with Crippen LogP contribution in [0, 0.1) is 24.7 Å². The number of benzene rings is 1. The summed E-state index contributed by atoms with van der Waals surface area (Å²) in [7, 11) is 0. The fourth-order valence-electron chi connectivity index (χ4n) is 6.10. The normalized spacial score (nSPS) is 31.6. The number of thioether (sulfide) groups is 1. The number of hydrogen-bond acceptors (Lipinski definition) is 5. The summed E-state index contributed by atoms with van der Waals surface area (Å²) in [6, 6.07) is 4.75. The number of fused-ring (bicyclic) bond motifs is 1. The minimum atomic E-state index is -0.701. The molecular weight excluding hydrogens is 474 g/mol. The van der Waals surface area contributed by atoms with Gasteiger partial charge in [0.15, 0.2) is 0 Å². The molecule has 1 aromatic carbocycles. The van der Waals surface area contributed by atoms with Gasteiger partial charge in [0, 0.05) is 24.9 Å². The van der Waals surface area contributed by atoms with E-state index in [0.717, 1.165) is 18.4 Å². The number of rotatable bonds is 9. The van der Waals surface area contributed by atoms with Crippen molar-refractivity contribution in [3.8, 4) is 0 Å². The second-order valence-corrected chi connectivity index (χ2v) is 11.7. The molecule has 0 aromatic heterocycles. The van der Waals surface area contributed by atoms with Crippen LogP contribution in [0.2, 0.25) is 5.02 Å². The number of para-hydroxylation sites is 1. The van der Waals surface area contributed by atoms with Crippen molar-refractivity contribution < 1.29 is 19.5 Å². The first-order chi connectivity index (χ1) is 16.3. The van der Waals surface area contributed by atoms with Crippen molar-refractivity contribution in [1.82, 2.24) is 10.2 Å². The van der Waals surface area contributed by atoms with Crippen LogP contribution in [-0.2, 0) is 14.4 Å². The van der Waals surface area contributed by atoms with Crippen molar-refractivity contribution in [3.05, 3.63) is 28.8 Å². The summed E-state index contributed by atoms with van der Waals surface area (Å²) in [6.07, 6.45) is 2.77. The van der Waals surface area contributed by atoms with Crippen LogP contribution in [0.3, 0.4) is 0 Å². The van der Waals surface area contributed by atoms with Gasteiger partial charge in [-0.15, -0.1) is 11.8 Å². The van der Waals surface area contributed by atoms with Crippen LogP contribution in [0.25, 0.3) is 0 Å². The Hall–Kier alpha value is -1.77. The van der Waals surface area contributed by atoms with Gasteiger partial charge in [0.25, 0.3) is 0 Å². The molecule has 6 atom stereocenters. The van der Waals surface area contributed by atoms with Crippen LogP contribution in [0.5, 0.6) is 0 Å². The molecule has 0 aliphatic carbocycles. The van der Waals surface area contributed by atoms with Gasteiger partial charge in [-0.3, -0.25) is 14.4 Å². The van der Waals surface area contributed by atoms with Crippen LogP contribution in [-0.4, -0.2) is 63.5 Å². The number of anilines is 1. The van der Waals surface area contributed by atoms with Crippen LogP contribution in [0.15, 0.2) is 18.2 Å². The van der Waals surface area contributed by atoms with Crippen LogP contribution in [0.1, 0.15) is 45.1 Å². The molecule has 34 heavy (non-hydrogen) atoms. The number of carbonyl (C=O) groups excluding carboxylic acids is 3. The maximum absolute atomic E-state index is 13.9. The fraction of sp³-hybridized carbons (Fsp3) is 0.640. The number of likely N-dealkylation sites (tertiary alicyclic amines) is 1. The summed E-state index contributed by atoms with van der Waals surface area (Å²) >= 11 is 8.06. The highest BCUT2D eigenvalue weighted by atomic mass is 35.5. The molecule has 3 saturated heterocycles. The minimum absolute atomic E-state index is 0.0257. The number of nitrogens with one attached hydrogen (secondary N) is 2. The molecule has 3 unspecified atom stereocenters. The summed E-state index contributed by atoms with van der Waals surface area (Å²) in [4.78, 5) is 42.6. The van der Waals surface area contributed by atoms with Gasteiger partial charge < -0.3 is 20.6 Å². The standard InChI is InChI=1S/C25H34ClN3O4S/c1-4-10-27-22(31)18-17-13-15(3)25(34-17)19(18)24(33)29(11-5-6-12-30)21(25)23(32)28-20-14(2)8-7-9-16(20)26/h7-9,15,17-19,21,30H,4-6,10-13H2,1-3H3,(H,27,31)(H,28,32)/t15?,17-,18+,19-,21?,25?/m0/s1. The Morgan fingerprint density at radius 3 is 2.74 bits per heavy atom. The van der Waals surface area contributed by atoms with E-state index in [9.17, 15) is 19.5 Å². The molecule has 186 valence electrons. The molecular formula is C25H34ClN3O4S. The number of aliphatic hydroxyl groups excluding tert-OH is 1. The largest absolute Gasteiger partial charge is 0.396 e. The predicted molar refractivity (Wildman–Crippen MR) is 135 cm³/mol. The van der Waals surface area contributed by atoms with Crippen LogP contribution in [0.4, 0.5) is 5.69 Å². The Bertz CT molecular complexity index is 955. The molecule has 3 amide bonds. The highest BCUT2D eigenvalue weighted by Crippen LogP contribution is 2.68. The van der Waals surface area contributed by atoms with Crippen molar-refractivity contribution in [3.63, 3.8) is 0 Å². The van der Waals surface area contributed by atoms with Gasteiger partial charge in [0.05, 0.1) is 27.3 Å². The summed E-state index contributed by atoms with van der Waals surface area (Å²) in [5.41, 5.74) is 1.40. The van der Waals surface area contributed by atoms with Crippen molar-refractivity contribution >= 4 is 46.8 Å². The second-order valence-electron chi connectivity index (χ2n) is 9.73. The SMILES string of the molecule is CCCNC(=O)[C@@H]1[C@@H]2CC(C)C3(S2)C(C(=O)Nc2c(C)cccc2Cl)N(CCCCO)C(=O)[C@H]13. The number of unbranched alkanes of at least 4 members (excludes halogenated alkanes) is 1. The molecule has 3 heterocycles. The van der Waals surface area contributed by atoms with Crippen LogP contribution < -0.4 is 10.6 Å². The fourth-order valence-corrected chi connectivity index (χ4v) is 8.79. The van der Waals surface area contributed by atoms with Gasteiger partial charge in [-0.1, -0.05) is 37.6 Å². The lowest BCUT2D eigenvalue weighted by Crippen LogP contribution is -2.55. The first kappa shape index (κ1) is 25.3. The lowest BCUT2D eigenvalue weighted by Gasteiger charge is -2.38. The van der Waals surface area contributed by atoms with Crippen molar-refractivity contribution in [1.29, 1.82) is 0 Å². The topological polar surface area (TPSA) is 98.7 Å². The van der Waals surface area contributed by atoms with E-state index >= 15 is 0 Å². The third-order valence-electron chi connectivity index (χ3n) is 7.62. The van der Waals surface area contributed by atoms with E-state index < -0.39 is 22.6 Å². The van der Waals surface area contributed by atoms with Gasteiger partial charge in [-0.05, 0) is 50.2 Å². The molecule has 3 aliphatic heterocycles.